The molecule has 1 aromatic heterocycles. The van der Waals surface area contributed by atoms with Gasteiger partial charge in [-0.1, -0.05) is 70.0 Å². The van der Waals surface area contributed by atoms with Gasteiger partial charge >= 0.3 is 0 Å². The molecule has 0 fully saturated rings. The van der Waals surface area contributed by atoms with Gasteiger partial charge < -0.3 is 14.8 Å². The van der Waals surface area contributed by atoms with E-state index in [1.54, 1.807) is 35.8 Å². The van der Waals surface area contributed by atoms with Crippen molar-refractivity contribution >= 4 is 65.5 Å². The zero-order valence-corrected chi connectivity index (χ0v) is 26.6. The molecule has 5 nitrogen and oxygen atoms in total. The normalized spacial score (nSPS) is 13.9. The van der Waals surface area contributed by atoms with E-state index in [1.807, 2.05) is 11.8 Å². The molecule has 0 radical (unpaired) electrons. The number of hydrogen-bond acceptors (Lipinski definition) is 8. The molecule has 0 aliphatic carbocycles. The van der Waals surface area contributed by atoms with Crippen molar-refractivity contribution in [1.82, 2.24) is 17.1 Å². The van der Waals surface area contributed by atoms with Crippen LogP contribution in [0.1, 0.15) is 46.5 Å². The van der Waals surface area contributed by atoms with Gasteiger partial charge in [-0.2, -0.15) is 0 Å². The van der Waals surface area contributed by atoms with Gasteiger partial charge in [0.1, 0.15) is 20.1 Å². The number of hydrogen-bond donors (Lipinski definition) is 1. The fourth-order valence-corrected chi connectivity index (χ4v) is 9.21. The summed E-state index contributed by atoms with van der Waals surface area (Å²) < 4.78 is 7.80. The first kappa shape index (κ1) is 29.6. The average molecular weight is 604 g/mol. The predicted octanol–water partition coefficient (Wildman–Crippen LogP) is 9.51. The molecule has 4 rings (SSSR count). The molecule has 204 valence electrons. The Morgan fingerprint density at radius 3 is 2.24 bits per heavy atom. The molecule has 0 saturated heterocycles. The van der Waals surface area contributed by atoms with E-state index in [1.165, 1.54) is 27.9 Å². The number of anilines is 1. The SMILES string of the molecule is CCCCN(C)C1=C(Nc2ccccc2)SN(Sc2c(SCC)n(-c3ccccc3)c(=S)n2CCCC)S1. The molecule has 0 atom stereocenters. The van der Waals surface area contributed by atoms with Crippen molar-refractivity contribution in [2.75, 3.05) is 24.7 Å². The Balaban J connectivity index is 1.68. The third kappa shape index (κ3) is 7.20. The van der Waals surface area contributed by atoms with Crippen molar-refractivity contribution < 1.29 is 0 Å². The molecule has 0 amide bonds. The summed E-state index contributed by atoms with van der Waals surface area (Å²) in [5.74, 6) is 0.983. The first-order valence-corrected chi connectivity index (χ1v) is 16.9. The summed E-state index contributed by atoms with van der Waals surface area (Å²) in [7, 11) is 2.20. The number of unbranched alkanes of at least 4 members (excludes halogenated alkanes) is 2. The molecule has 2 aromatic carbocycles. The maximum absolute atomic E-state index is 6.11. The van der Waals surface area contributed by atoms with E-state index >= 15 is 0 Å². The van der Waals surface area contributed by atoms with Crippen LogP contribution >= 0.6 is 59.8 Å². The van der Waals surface area contributed by atoms with Crippen LogP contribution in [0.15, 0.2) is 80.8 Å². The van der Waals surface area contributed by atoms with E-state index in [-0.39, 0.29) is 0 Å². The number of nitrogens with zero attached hydrogens (tertiary/aromatic N) is 4. The molecule has 0 spiro atoms. The Hall–Kier alpha value is -1.43. The molecule has 0 unspecified atom stereocenters. The largest absolute Gasteiger partial charge is 0.366 e. The van der Waals surface area contributed by atoms with Crippen LogP contribution in [0.5, 0.6) is 0 Å². The van der Waals surface area contributed by atoms with Crippen LogP contribution in [-0.4, -0.2) is 36.5 Å². The first-order valence-electron chi connectivity index (χ1n) is 13.2. The van der Waals surface area contributed by atoms with E-state index < -0.39 is 0 Å². The maximum atomic E-state index is 6.11. The quantitative estimate of drug-likeness (QED) is 0.111. The molecule has 0 saturated carbocycles. The highest BCUT2D eigenvalue weighted by atomic mass is 32.3. The summed E-state index contributed by atoms with van der Waals surface area (Å²) in [5.41, 5.74) is 2.23. The van der Waals surface area contributed by atoms with Gasteiger partial charge in [0, 0.05) is 67.4 Å². The fraction of sp³-hybridized carbons (Fsp3) is 0.393. The van der Waals surface area contributed by atoms with Crippen LogP contribution < -0.4 is 5.32 Å². The van der Waals surface area contributed by atoms with Crippen molar-refractivity contribution in [2.24, 2.45) is 0 Å². The summed E-state index contributed by atoms with van der Waals surface area (Å²) >= 11 is 13.3. The number of thioether (sulfide) groups is 1. The second-order valence-corrected chi connectivity index (χ2v) is 14.0. The lowest BCUT2D eigenvalue weighted by Crippen LogP contribution is -2.18. The summed E-state index contributed by atoms with van der Waals surface area (Å²) in [6.45, 7) is 8.65. The minimum Gasteiger partial charge on any atom is -0.366 e. The minimum absolute atomic E-state index is 0.869. The van der Waals surface area contributed by atoms with Gasteiger partial charge in [0.05, 0.1) is 0 Å². The van der Waals surface area contributed by atoms with Gasteiger partial charge in [0.15, 0.2) is 4.77 Å². The molecule has 0 bridgehead atoms. The highest BCUT2D eigenvalue weighted by Gasteiger charge is 2.31. The number of nitrogens with one attached hydrogen (secondary N) is 1. The molecule has 1 N–H and O–H groups in total. The van der Waals surface area contributed by atoms with Gasteiger partial charge in [-0.15, -0.1) is 14.9 Å². The van der Waals surface area contributed by atoms with E-state index in [2.05, 4.69) is 111 Å². The average Bonchev–Trinajstić information content (AvgIpc) is 3.45. The fourth-order valence-electron chi connectivity index (χ4n) is 4.00. The van der Waals surface area contributed by atoms with Crippen LogP contribution in [0, 0.1) is 4.77 Å². The summed E-state index contributed by atoms with van der Waals surface area (Å²) in [4.78, 5) is 2.38. The van der Waals surface area contributed by atoms with Gasteiger partial charge in [-0.25, -0.2) is 0 Å². The summed E-state index contributed by atoms with van der Waals surface area (Å²) in [6.07, 6.45) is 4.58. The van der Waals surface area contributed by atoms with E-state index in [9.17, 15) is 0 Å². The topological polar surface area (TPSA) is 28.4 Å². The minimum atomic E-state index is 0.869. The van der Waals surface area contributed by atoms with Crippen molar-refractivity contribution in [1.29, 1.82) is 0 Å². The van der Waals surface area contributed by atoms with Crippen molar-refractivity contribution in [2.45, 2.75) is 63.1 Å². The second-order valence-electron chi connectivity index (χ2n) is 8.90. The van der Waals surface area contributed by atoms with Gasteiger partial charge in [-0.05, 0) is 55.1 Å². The van der Waals surface area contributed by atoms with Crippen molar-refractivity contribution in [3.8, 4) is 5.69 Å². The number of rotatable bonds is 14. The highest BCUT2D eigenvalue weighted by Crippen LogP contribution is 2.53. The van der Waals surface area contributed by atoms with Crippen LogP contribution in [0.4, 0.5) is 5.69 Å². The number of para-hydroxylation sites is 2. The molecular formula is C28H37N5S5. The zero-order chi connectivity index (χ0) is 26.9. The molecular weight excluding hydrogens is 567 g/mol. The van der Waals surface area contributed by atoms with Crippen LogP contribution in [0.25, 0.3) is 5.69 Å². The third-order valence-corrected chi connectivity index (χ3v) is 11.1. The van der Waals surface area contributed by atoms with E-state index in [0.29, 0.717) is 0 Å². The highest BCUT2D eigenvalue weighted by molar-refractivity contribution is 8.30. The molecule has 2 heterocycles. The molecule has 1 aliphatic rings. The Kier molecular flexibility index (Phi) is 11.5. The summed E-state index contributed by atoms with van der Waals surface area (Å²) in [6, 6.07) is 21.0. The Bertz CT molecular complexity index is 1260. The lowest BCUT2D eigenvalue weighted by Gasteiger charge is -2.21. The Labute approximate surface area is 250 Å². The first-order chi connectivity index (χ1) is 18.6. The number of benzene rings is 2. The third-order valence-electron chi connectivity index (χ3n) is 5.99. The van der Waals surface area contributed by atoms with Gasteiger partial charge in [0.2, 0.25) is 0 Å². The van der Waals surface area contributed by atoms with Gasteiger partial charge in [0.25, 0.3) is 0 Å². The Morgan fingerprint density at radius 2 is 1.58 bits per heavy atom. The van der Waals surface area contributed by atoms with Crippen molar-refractivity contribution in [3.05, 3.63) is 75.5 Å². The van der Waals surface area contributed by atoms with Crippen LogP contribution in [0.2, 0.25) is 0 Å². The van der Waals surface area contributed by atoms with Crippen LogP contribution in [-0.2, 0) is 6.54 Å². The molecule has 10 heteroatoms. The zero-order valence-electron chi connectivity index (χ0n) is 22.6. The lowest BCUT2D eigenvalue weighted by atomic mass is 10.3. The summed E-state index contributed by atoms with van der Waals surface area (Å²) in [5, 5.41) is 8.54. The van der Waals surface area contributed by atoms with Gasteiger partial charge in [-0.3, -0.25) is 4.57 Å². The van der Waals surface area contributed by atoms with Crippen molar-refractivity contribution in [3.63, 3.8) is 0 Å². The standard InChI is InChI=1S/C28H37N5S5/c1-5-8-20-30(4)25-24(29-22-16-12-10-13-17-22)36-33(37-25)38-26-27(35-7-3)32(23-18-14-11-15-19-23)28(34)31(26)21-9-6-2/h10-19,29H,5-9,20-21H2,1-4H3. The van der Waals surface area contributed by atoms with E-state index in [0.717, 1.165) is 52.9 Å². The number of aromatic nitrogens is 2. The monoisotopic (exact) mass is 603 g/mol. The smallest absolute Gasteiger partial charge is 0.186 e. The van der Waals surface area contributed by atoms with Crippen LogP contribution in [0.3, 0.4) is 0 Å². The second kappa shape index (κ2) is 14.8. The Morgan fingerprint density at radius 1 is 0.895 bits per heavy atom. The van der Waals surface area contributed by atoms with E-state index in [4.69, 9.17) is 12.2 Å². The molecule has 38 heavy (non-hydrogen) atoms. The number of imidazole rings is 1. The lowest BCUT2D eigenvalue weighted by molar-refractivity contribution is 0.431. The maximum Gasteiger partial charge on any atom is 0.186 e. The molecule has 3 aromatic rings. The predicted molar refractivity (Wildman–Crippen MR) is 173 cm³/mol. The molecule has 1 aliphatic heterocycles.